The smallest absolute Gasteiger partial charge is 0.231 e. The lowest BCUT2D eigenvalue weighted by Crippen LogP contribution is -2.20. The first-order valence-corrected chi connectivity index (χ1v) is 8.82. The third-order valence-corrected chi connectivity index (χ3v) is 4.89. The second-order valence-corrected chi connectivity index (χ2v) is 6.92. The summed E-state index contributed by atoms with van der Waals surface area (Å²) in [5.41, 5.74) is 3.62. The van der Waals surface area contributed by atoms with Gasteiger partial charge < -0.3 is 19.1 Å². The van der Waals surface area contributed by atoms with Crippen LogP contribution in [-0.2, 0) is 0 Å². The van der Waals surface area contributed by atoms with Gasteiger partial charge in [-0.25, -0.2) is 4.98 Å². The molecule has 2 aliphatic rings. The van der Waals surface area contributed by atoms with Gasteiger partial charge in [0.25, 0.3) is 0 Å². The van der Waals surface area contributed by atoms with E-state index >= 15 is 0 Å². The minimum Gasteiger partial charge on any atom is -0.476 e. The summed E-state index contributed by atoms with van der Waals surface area (Å²) in [7, 11) is 3.95. The predicted octanol–water partition coefficient (Wildman–Crippen LogP) is 3.12. The van der Waals surface area contributed by atoms with Crippen LogP contribution in [0.2, 0.25) is 0 Å². The van der Waals surface area contributed by atoms with E-state index in [0.717, 1.165) is 28.6 Å². The number of fused-ring (bicyclic) bond motifs is 6. The van der Waals surface area contributed by atoms with Gasteiger partial charge >= 0.3 is 0 Å². The van der Waals surface area contributed by atoms with Gasteiger partial charge in [-0.1, -0.05) is 18.2 Å². The van der Waals surface area contributed by atoms with Crippen molar-refractivity contribution in [3.8, 4) is 28.5 Å². The summed E-state index contributed by atoms with van der Waals surface area (Å²) >= 11 is 0. The molecule has 0 bridgehead atoms. The Balaban J connectivity index is 1.72. The number of carbonyl (C=O) groups is 1. The molecule has 6 heteroatoms. The Morgan fingerprint density at radius 3 is 2.59 bits per heavy atom. The van der Waals surface area contributed by atoms with Crippen molar-refractivity contribution in [2.75, 3.05) is 34.0 Å². The van der Waals surface area contributed by atoms with Crippen molar-refractivity contribution in [1.82, 2.24) is 9.88 Å². The zero-order valence-electron chi connectivity index (χ0n) is 15.1. The highest BCUT2D eigenvalue weighted by molar-refractivity contribution is 6.27. The van der Waals surface area contributed by atoms with Crippen molar-refractivity contribution in [2.24, 2.45) is 0 Å². The van der Waals surface area contributed by atoms with E-state index in [-0.39, 0.29) is 12.6 Å². The fourth-order valence-electron chi connectivity index (χ4n) is 3.58. The number of carbonyl (C=O) groups excluding carboxylic acids is 1. The molecule has 3 aromatic rings. The summed E-state index contributed by atoms with van der Waals surface area (Å²) in [6, 6.07) is 11.5. The minimum atomic E-state index is -0.0867. The van der Waals surface area contributed by atoms with Crippen molar-refractivity contribution in [2.45, 2.75) is 0 Å². The lowest BCUT2D eigenvalue weighted by molar-refractivity contribution is 0.103. The molecule has 1 aliphatic heterocycles. The third-order valence-electron chi connectivity index (χ3n) is 4.89. The van der Waals surface area contributed by atoms with Crippen LogP contribution in [0.15, 0.2) is 36.4 Å². The molecule has 0 unspecified atom stereocenters. The Bertz CT molecular complexity index is 1090. The van der Waals surface area contributed by atoms with E-state index in [9.17, 15) is 4.79 Å². The number of hydrogen-bond acceptors (Lipinski definition) is 6. The Morgan fingerprint density at radius 1 is 1.07 bits per heavy atom. The maximum atomic E-state index is 13.2. The number of ether oxygens (including phenoxy) is 3. The molecule has 0 spiro atoms. The number of likely N-dealkylation sites (N-methyl/N-ethyl adjacent to an activating group) is 1. The van der Waals surface area contributed by atoms with Crippen LogP contribution in [0.25, 0.3) is 22.0 Å². The lowest BCUT2D eigenvalue weighted by Gasteiger charge is -2.14. The summed E-state index contributed by atoms with van der Waals surface area (Å²) in [6.45, 7) is 1.37. The SMILES string of the molecule is CN(C)CCOc1nc2ccccc2c2c1C(=O)c1cc3c(cc1-2)OCO3. The maximum Gasteiger partial charge on any atom is 0.231 e. The highest BCUT2D eigenvalue weighted by Gasteiger charge is 2.35. The molecule has 0 fully saturated rings. The molecule has 27 heavy (non-hydrogen) atoms. The van der Waals surface area contributed by atoms with Crippen LogP contribution in [0.5, 0.6) is 17.4 Å². The van der Waals surface area contributed by atoms with Crippen molar-refractivity contribution < 1.29 is 19.0 Å². The maximum absolute atomic E-state index is 13.2. The van der Waals surface area contributed by atoms with Gasteiger partial charge in [-0.2, -0.15) is 0 Å². The van der Waals surface area contributed by atoms with Crippen molar-refractivity contribution >= 4 is 16.7 Å². The fraction of sp³-hybridized carbons (Fsp3) is 0.238. The molecule has 2 heterocycles. The number of ketones is 1. The molecule has 2 aromatic carbocycles. The largest absolute Gasteiger partial charge is 0.476 e. The summed E-state index contributed by atoms with van der Waals surface area (Å²) in [6.07, 6.45) is 0. The first-order chi connectivity index (χ1) is 13.1. The number of nitrogens with zero attached hydrogens (tertiary/aromatic N) is 2. The number of pyridine rings is 1. The van der Waals surface area contributed by atoms with Crippen molar-refractivity contribution in [3.63, 3.8) is 0 Å². The van der Waals surface area contributed by atoms with Gasteiger partial charge in [0.2, 0.25) is 12.7 Å². The third kappa shape index (κ3) is 2.44. The van der Waals surface area contributed by atoms with Gasteiger partial charge in [0.05, 0.1) is 11.1 Å². The van der Waals surface area contributed by atoms with E-state index in [2.05, 4.69) is 4.98 Å². The second-order valence-electron chi connectivity index (χ2n) is 6.92. The molecule has 0 saturated carbocycles. The normalized spacial score (nSPS) is 14.0. The highest BCUT2D eigenvalue weighted by Crippen LogP contribution is 2.48. The standard InChI is InChI=1S/C21H18N2O4/c1-23(2)7-8-25-21-19-18(12-5-3-4-6-15(12)22-21)13-9-16-17(27-11-26-16)10-14(13)20(19)24/h3-6,9-10H,7-8,11H2,1-2H3. The van der Waals surface area contributed by atoms with Crippen LogP contribution in [0, 0.1) is 0 Å². The molecular weight excluding hydrogens is 344 g/mol. The molecule has 0 amide bonds. The first-order valence-electron chi connectivity index (χ1n) is 8.82. The van der Waals surface area contributed by atoms with Crippen molar-refractivity contribution in [1.29, 1.82) is 0 Å². The average molecular weight is 362 g/mol. The van der Waals surface area contributed by atoms with Gasteiger partial charge in [-0.05, 0) is 37.9 Å². The molecule has 1 aromatic heterocycles. The molecular formula is C21H18N2O4. The fourth-order valence-corrected chi connectivity index (χ4v) is 3.58. The van der Waals surface area contributed by atoms with E-state index in [1.165, 1.54) is 0 Å². The van der Waals surface area contributed by atoms with E-state index in [0.29, 0.717) is 35.1 Å². The Kier molecular flexibility index (Phi) is 3.55. The molecule has 0 atom stereocenters. The van der Waals surface area contributed by atoms with Crippen LogP contribution in [0.1, 0.15) is 15.9 Å². The summed E-state index contributed by atoms with van der Waals surface area (Å²) in [5, 5.41) is 0.929. The van der Waals surface area contributed by atoms with Gasteiger partial charge in [0.15, 0.2) is 17.3 Å². The van der Waals surface area contributed by atoms with Gasteiger partial charge in [-0.3, -0.25) is 4.79 Å². The van der Waals surface area contributed by atoms with Crippen molar-refractivity contribution in [3.05, 3.63) is 47.5 Å². The number of benzene rings is 2. The summed E-state index contributed by atoms with van der Waals surface area (Å²) < 4.78 is 16.9. The Hall–Kier alpha value is -3.12. The zero-order valence-corrected chi connectivity index (χ0v) is 15.1. The van der Waals surface area contributed by atoms with Crippen LogP contribution in [-0.4, -0.2) is 49.7 Å². The van der Waals surface area contributed by atoms with Gasteiger partial charge in [-0.15, -0.1) is 0 Å². The monoisotopic (exact) mass is 362 g/mol. The zero-order chi connectivity index (χ0) is 18.5. The van der Waals surface area contributed by atoms with E-state index in [4.69, 9.17) is 14.2 Å². The van der Waals surface area contributed by atoms with Crippen LogP contribution < -0.4 is 14.2 Å². The molecule has 0 saturated heterocycles. The quantitative estimate of drug-likeness (QED) is 0.556. The average Bonchev–Trinajstić information content (AvgIpc) is 3.23. The van der Waals surface area contributed by atoms with Crippen LogP contribution in [0.3, 0.4) is 0 Å². The van der Waals surface area contributed by atoms with Gasteiger partial charge in [0, 0.05) is 23.1 Å². The van der Waals surface area contributed by atoms with Gasteiger partial charge in [0.1, 0.15) is 6.61 Å². The second kappa shape index (κ2) is 5.96. The molecule has 6 nitrogen and oxygen atoms in total. The summed E-state index contributed by atoms with van der Waals surface area (Å²) in [4.78, 5) is 19.9. The molecule has 0 N–H and O–H groups in total. The highest BCUT2D eigenvalue weighted by atomic mass is 16.7. The Morgan fingerprint density at radius 2 is 1.81 bits per heavy atom. The number of rotatable bonds is 4. The minimum absolute atomic E-state index is 0.0867. The Labute approximate surface area is 156 Å². The number of aromatic nitrogens is 1. The number of hydrogen-bond donors (Lipinski definition) is 0. The first kappa shape index (κ1) is 16.1. The lowest BCUT2D eigenvalue weighted by atomic mass is 10.0. The molecule has 136 valence electrons. The summed E-state index contributed by atoms with van der Waals surface area (Å²) in [5.74, 6) is 1.55. The molecule has 5 rings (SSSR count). The van der Waals surface area contributed by atoms with E-state index < -0.39 is 0 Å². The predicted molar refractivity (Wildman–Crippen MR) is 101 cm³/mol. The van der Waals surface area contributed by atoms with E-state index in [1.54, 1.807) is 6.07 Å². The van der Waals surface area contributed by atoms with Crippen LogP contribution >= 0.6 is 0 Å². The topological polar surface area (TPSA) is 60.9 Å². The van der Waals surface area contributed by atoms with E-state index in [1.807, 2.05) is 49.3 Å². The molecule has 1 aliphatic carbocycles. The number of para-hydroxylation sites is 1. The molecule has 0 radical (unpaired) electrons. The van der Waals surface area contributed by atoms with Crippen LogP contribution in [0.4, 0.5) is 0 Å².